The molecular formula is C41H43N3O4. The maximum Gasteiger partial charge on any atom is 0.262 e. The van der Waals surface area contributed by atoms with Gasteiger partial charge in [0.2, 0.25) is 5.91 Å². The van der Waals surface area contributed by atoms with E-state index in [0.29, 0.717) is 29.7 Å². The van der Waals surface area contributed by atoms with Crippen molar-refractivity contribution in [2.75, 3.05) is 9.80 Å². The van der Waals surface area contributed by atoms with Crippen LogP contribution in [0.15, 0.2) is 109 Å². The SMILES string of the molecule is CCCCCCCC(=O)N(c1ccccc1)C1CC(C)N(C(=O)C(Cc2ccccc2)N2C(=O)c3ccccc3C2=O)c2ccccc21. The molecule has 0 saturated heterocycles. The van der Waals surface area contributed by atoms with Crippen molar-refractivity contribution < 1.29 is 19.2 Å². The van der Waals surface area contributed by atoms with Crippen molar-refractivity contribution in [1.29, 1.82) is 0 Å². The largest absolute Gasteiger partial charge is 0.307 e. The molecule has 2 aliphatic rings. The van der Waals surface area contributed by atoms with Crippen LogP contribution in [0.4, 0.5) is 11.4 Å². The van der Waals surface area contributed by atoms with Gasteiger partial charge in [0.15, 0.2) is 0 Å². The molecule has 0 aliphatic carbocycles. The number of para-hydroxylation sites is 2. The summed E-state index contributed by atoms with van der Waals surface area (Å²) in [6, 6.07) is 32.1. The first-order valence-electron chi connectivity index (χ1n) is 17.2. The minimum Gasteiger partial charge on any atom is -0.307 e. The molecule has 3 unspecified atom stereocenters. The molecule has 246 valence electrons. The first-order chi connectivity index (χ1) is 23.4. The normalized spacial score (nSPS) is 17.5. The van der Waals surface area contributed by atoms with Gasteiger partial charge in [-0.25, -0.2) is 0 Å². The third-order valence-electron chi connectivity index (χ3n) is 9.60. The number of unbranched alkanes of at least 4 members (excludes halogenated alkanes) is 4. The summed E-state index contributed by atoms with van der Waals surface area (Å²) in [5.74, 6) is -1.17. The number of benzene rings is 4. The van der Waals surface area contributed by atoms with E-state index in [1.54, 1.807) is 29.2 Å². The number of imide groups is 1. The number of nitrogens with zero attached hydrogens (tertiary/aromatic N) is 3. The van der Waals surface area contributed by atoms with Gasteiger partial charge in [-0.3, -0.25) is 24.1 Å². The average Bonchev–Trinajstić information content (AvgIpc) is 3.36. The number of hydrogen-bond acceptors (Lipinski definition) is 4. The molecule has 48 heavy (non-hydrogen) atoms. The van der Waals surface area contributed by atoms with Crippen LogP contribution < -0.4 is 9.80 Å². The second-order valence-electron chi connectivity index (χ2n) is 12.9. The molecule has 2 aliphatic heterocycles. The summed E-state index contributed by atoms with van der Waals surface area (Å²) in [5, 5.41) is 0. The maximum absolute atomic E-state index is 14.9. The number of rotatable bonds is 12. The van der Waals surface area contributed by atoms with Crippen LogP contribution in [0.1, 0.15) is 96.7 Å². The molecule has 0 N–H and O–H groups in total. The van der Waals surface area contributed by atoms with Crippen molar-refractivity contribution in [2.24, 2.45) is 0 Å². The number of hydrogen-bond donors (Lipinski definition) is 0. The number of carbonyl (C=O) groups excluding carboxylic acids is 4. The average molecular weight is 642 g/mol. The van der Waals surface area contributed by atoms with Crippen molar-refractivity contribution in [3.63, 3.8) is 0 Å². The van der Waals surface area contributed by atoms with Gasteiger partial charge in [-0.15, -0.1) is 0 Å². The van der Waals surface area contributed by atoms with Crippen LogP contribution in [0.25, 0.3) is 0 Å². The highest BCUT2D eigenvalue weighted by atomic mass is 16.2. The van der Waals surface area contributed by atoms with E-state index in [0.717, 1.165) is 47.4 Å². The molecule has 0 fully saturated rings. The molecule has 6 rings (SSSR count). The smallest absolute Gasteiger partial charge is 0.262 e. The Labute approximate surface area is 283 Å². The number of amides is 4. The van der Waals surface area contributed by atoms with Gasteiger partial charge in [0, 0.05) is 30.3 Å². The van der Waals surface area contributed by atoms with Gasteiger partial charge in [-0.1, -0.05) is 111 Å². The van der Waals surface area contributed by atoms with Gasteiger partial charge in [0.05, 0.1) is 17.2 Å². The highest BCUT2D eigenvalue weighted by molar-refractivity contribution is 6.23. The Morgan fingerprint density at radius 3 is 2.00 bits per heavy atom. The summed E-state index contributed by atoms with van der Waals surface area (Å²) in [7, 11) is 0. The number of fused-ring (bicyclic) bond motifs is 2. The van der Waals surface area contributed by atoms with Crippen LogP contribution >= 0.6 is 0 Å². The standard InChI is InChI=1S/C41H43N3O4/c1-3-4-5-6-13-26-38(45)43(31-20-11-8-12-21-31)36-27-29(2)42(35-25-17-16-24-34(35)36)41(48)37(28-30-18-9-7-10-19-30)44-39(46)32-22-14-15-23-33(32)40(44)47/h7-12,14-25,29,36-37H,3-6,13,26-28H2,1-2H3. The molecule has 3 atom stereocenters. The Balaban J connectivity index is 1.36. The minimum absolute atomic E-state index is 0.0671. The summed E-state index contributed by atoms with van der Waals surface area (Å²) in [6.07, 6.45) is 6.42. The first kappa shape index (κ1) is 32.9. The quantitative estimate of drug-likeness (QED) is 0.116. The van der Waals surface area contributed by atoms with Crippen LogP contribution in [0.5, 0.6) is 0 Å². The van der Waals surface area contributed by atoms with Crippen LogP contribution in [-0.2, 0) is 16.0 Å². The van der Waals surface area contributed by atoms with Crippen molar-refractivity contribution in [1.82, 2.24) is 4.90 Å². The molecule has 7 heteroatoms. The molecule has 0 aromatic heterocycles. The van der Waals surface area contributed by atoms with Crippen molar-refractivity contribution in [3.8, 4) is 0 Å². The van der Waals surface area contributed by atoms with Gasteiger partial charge in [0.25, 0.3) is 17.7 Å². The molecule has 0 radical (unpaired) electrons. The third-order valence-corrected chi connectivity index (χ3v) is 9.60. The van der Waals surface area contributed by atoms with E-state index >= 15 is 0 Å². The number of anilines is 2. The summed E-state index contributed by atoms with van der Waals surface area (Å²) in [5.41, 5.74) is 3.86. The lowest BCUT2D eigenvalue weighted by molar-refractivity contribution is -0.123. The summed E-state index contributed by atoms with van der Waals surface area (Å²) >= 11 is 0. The van der Waals surface area contributed by atoms with Crippen LogP contribution in [0, 0.1) is 0 Å². The van der Waals surface area contributed by atoms with Gasteiger partial charge >= 0.3 is 0 Å². The fourth-order valence-electron chi connectivity index (χ4n) is 7.23. The van der Waals surface area contributed by atoms with Gasteiger partial charge in [-0.2, -0.15) is 0 Å². The molecule has 4 aromatic carbocycles. The fraction of sp³-hybridized carbons (Fsp3) is 0.317. The Kier molecular flexibility index (Phi) is 10.1. The predicted octanol–water partition coefficient (Wildman–Crippen LogP) is 8.15. The predicted molar refractivity (Wildman–Crippen MR) is 189 cm³/mol. The van der Waals surface area contributed by atoms with E-state index in [1.807, 2.05) is 96.8 Å². The number of carbonyl (C=O) groups is 4. The molecule has 0 spiro atoms. The Morgan fingerprint density at radius 2 is 1.33 bits per heavy atom. The van der Waals surface area contributed by atoms with E-state index in [2.05, 4.69) is 6.92 Å². The first-order valence-corrected chi connectivity index (χ1v) is 17.2. The zero-order valence-corrected chi connectivity index (χ0v) is 27.8. The third kappa shape index (κ3) is 6.55. The Morgan fingerprint density at radius 1 is 0.750 bits per heavy atom. The Hall–Kier alpha value is -5.04. The van der Waals surface area contributed by atoms with E-state index in [1.165, 1.54) is 6.42 Å². The summed E-state index contributed by atoms with van der Waals surface area (Å²) in [6.45, 7) is 4.17. The summed E-state index contributed by atoms with van der Waals surface area (Å²) in [4.78, 5) is 61.3. The van der Waals surface area contributed by atoms with Gasteiger partial charge in [0.1, 0.15) is 6.04 Å². The second-order valence-corrected chi connectivity index (χ2v) is 12.9. The zero-order valence-electron chi connectivity index (χ0n) is 27.8. The van der Waals surface area contributed by atoms with E-state index < -0.39 is 17.9 Å². The van der Waals surface area contributed by atoms with E-state index in [9.17, 15) is 19.2 Å². The lowest BCUT2D eigenvalue weighted by atomic mass is 9.88. The van der Waals surface area contributed by atoms with Crippen LogP contribution in [0.3, 0.4) is 0 Å². The summed E-state index contributed by atoms with van der Waals surface area (Å²) < 4.78 is 0. The zero-order chi connectivity index (χ0) is 33.6. The van der Waals surface area contributed by atoms with Crippen LogP contribution in [0.2, 0.25) is 0 Å². The van der Waals surface area contributed by atoms with Crippen molar-refractivity contribution >= 4 is 35.0 Å². The molecular weight excluding hydrogens is 598 g/mol. The van der Waals surface area contributed by atoms with Gasteiger partial charge in [-0.05, 0) is 61.2 Å². The van der Waals surface area contributed by atoms with E-state index in [-0.39, 0.29) is 30.3 Å². The highest BCUT2D eigenvalue weighted by Crippen LogP contribution is 2.43. The lowest BCUT2D eigenvalue weighted by Crippen LogP contribution is -2.56. The molecule has 4 aromatic rings. The van der Waals surface area contributed by atoms with Crippen molar-refractivity contribution in [3.05, 3.63) is 131 Å². The molecule has 0 bridgehead atoms. The topological polar surface area (TPSA) is 78.0 Å². The Bertz CT molecular complexity index is 1740. The van der Waals surface area contributed by atoms with E-state index in [4.69, 9.17) is 0 Å². The van der Waals surface area contributed by atoms with Gasteiger partial charge < -0.3 is 9.80 Å². The monoisotopic (exact) mass is 641 g/mol. The molecule has 4 amide bonds. The minimum atomic E-state index is -1.05. The van der Waals surface area contributed by atoms with Crippen molar-refractivity contribution in [2.45, 2.75) is 83.3 Å². The molecule has 7 nitrogen and oxygen atoms in total. The highest BCUT2D eigenvalue weighted by Gasteiger charge is 2.47. The molecule has 0 saturated carbocycles. The second kappa shape index (κ2) is 14.8. The lowest BCUT2D eigenvalue weighted by Gasteiger charge is -2.45. The maximum atomic E-state index is 14.9. The fourth-order valence-corrected chi connectivity index (χ4v) is 7.23. The van der Waals surface area contributed by atoms with Crippen LogP contribution in [-0.4, -0.2) is 40.6 Å². The molecule has 2 heterocycles.